The number of nitrogens with one attached hydrogen (secondary N) is 2. The Balaban J connectivity index is 3.13. The van der Waals surface area contributed by atoms with Crippen LogP contribution < -0.4 is 10.6 Å². The fraction of sp³-hybridized carbons (Fsp3) is 0.815. The SMILES string of the molecule is COC(=O)C[C@H](O)[C@H](NC(=O)[C@@H](NC(=O)[C@@H](CC(C)C)N(C)C(=O)[C@@H]1CCCN1C(=O)[C@H](C)O)[C@@H](C)O)C(C)C. The average molecular weight is 573 g/mol. The van der Waals surface area contributed by atoms with Gasteiger partial charge in [-0.2, -0.15) is 0 Å². The fourth-order valence-corrected chi connectivity index (χ4v) is 4.80. The first-order chi connectivity index (χ1) is 18.5. The van der Waals surface area contributed by atoms with Gasteiger partial charge in [0, 0.05) is 13.6 Å². The summed E-state index contributed by atoms with van der Waals surface area (Å²) in [5.74, 6) is -3.45. The van der Waals surface area contributed by atoms with Crippen LogP contribution in [0.5, 0.6) is 0 Å². The smallest absolute Gasteiger partial charge is 0.308 e. The summed E-state index contributed by atoms with van der Waals surface area (Å²) in [5, 5.41) is 35.8. The second-order valence-corrected chi connectivity index (χ2v) is 11.3. The van der Waals surface area contributed by atoms with Gasteiger partial charge in [0.2, 0.25) is 17.7 Å². The Hall–Kier alpha value is -2.77. The van der Waals surface area contributed by atoms with Gasteiger partial charge in [0.25, 0.3) is 5.91 Å². The highest BCUT2D eigenvalue weighted by molar-refractivity contribution is 5.95. The molecule has 0 unspecified atom stereocenters. The lowest BCUT2D eigenvalue weighted by atomic mass is 9.95. The van der Waals surface area contributed by atoms with Crippen LogP contribution in [0.1, 0.15) is 67.2 Å². The zero-order chi connectivity index (χ0) is 30.9. The Morgan fingerprint density at radius 2 is 1.57 bits per heavy atom. The molecule has 1 rings (SSSR count). The molecule has 1 aliphatic heterocycles. The summed E-state index contributed by atoms with van der Waals surface area (Å²) in [4.78, 5) is 66.8. The molecule has 230 valence electrons. The van der Waals surface area contributed by atoms with Gasteiger partial charge >= 0.3 is 5.97 Å². The van der Waals surface area contributed by atoms with E-state index in [0.717, 1.165) is 0 Å². The average Bonchev–Trinajstić information content (AvgIpc) is 3.36. The molecule has 1 saturated heterocycles. The van der Waals surface area contributed by atoms with Crippen molar-refractivity contribution in [3.63, 3.8) is 0 Å². The van der Waals surface area contributed by atoms with E-state index in [9.17, 15) is 39.3 Å². The fourth-order valence-electron chi connectivity index (χ4n) is 4.80. The standard InChI is InChI=1S/C27H48N4O9/c1-14(2)12-19(30(7)27(39)18-10-9-11-31(18)26(38)17(6)33)24(36)29-23(16(5)32)25(37)28-22(15(3)4)20(34)13-21(35)40-8/h14-20,22-23,32-34H,9-13H2,1-8H3,(H,28,37)(H,29,36)/t16-,17+,18+,19-,20+,22-,23+/m1/s1. The van der Waals surface area contributed by atoms with Crippen molar-refractivity contribution in [3.05, 3.63) is 0 Å². The second-order valence-electron chi connectivity index (χ2n) is 11.3. The molecule has 1 heterocycles. The predicted molar refractivity (Wildman–Crippen MR) is 145 cm³/mol. The number of hydrogen-bond acceptors (Lipinski definition) is 9. The largest absolute Gasteiger partial charge is 0.469 e. The van der Waals surface area contributed by atoms with Gasteiger partial charge in [-0.25, -0.2) is 0 Å². The summed E-state index contributed by atoms with van der Waals surface area (Å²) in [6.45, 7) is 10.2. The monoisotopic (exact) mass is 572 g/mol. The molecule has 4 amide bonds. The molecular weight excluding hydrogens is 524 g/mol. The van der Waals surface area contributed by atoms with Crippen LogP contribution in [0.4, 0.5) is 0 Å². The van der Waals surface area contributed by atoms with E-state index < -0.39 is 72.1 Å². The number of carbonyl (C=O) groups excluding carboxylic acids is 5. The minimum Gasteiger partial charge on any atom is -0.469 e. The number of likely N-dealkylation sites (N-methyl/N-ethyl adjacent to an activating group) is 1. The Labute approximate surface area is 236 Å². The topological polar surface area (TPSA) is 186 Å². The first-order valence-electron chi connectivity index (χ1n) is 13.8. The third-order valence-electron chi connectivity index (χ3n) is 7.10. The van der Waals surface area contributed by atoms with Crippen LogP contribution in [-0.4, -0.2) is 118 Å². The molecule has 5 N–H and O–H groups in total. The van der Waals surface area contributed by atoms with Crippen molar-refractivity contribution < 1.29 is 44.0 Å². The summed E-state index contributed by atoms with van der Waals surface area (Å²) in [5.41, 5.74) is 0. The summed E-state index contributed by atoms with van der Waals surface area (Å²) in [6, 6.07) is -4.14. The molecule has 0 saturated carbocycles. The Kier molecular flexibility index (Phi) is 14.0. The number of aliphatic hydroxyl groups is 3. The third-order valence-corrected chi connectivity index (χ3v) is 7.10. The minimum atomic E-state index is -1.42. The molecule has 13 nitrogen and oxygen atoms in total. The van der Waals surface area contributed by atoms with E-state index in [1.807, 2.05) is 13.8 Å². The predicted octanol–water partition coefficient (Wildman–Crippen LogP) is -0.838. The number of ether oxygens (including phenoxy) is 1. The Morgan fingerprint density at radius 1 is 0.975 bits per heavy atom. The maximum atomic E-state index is 13.5. The van der Waals surface area contributed by atoms with E-state index >= 15 is 0 Å². The number of rotatable bonds is 14. The summed E-state index contributed by atoms with van der Waals surface area (Å²) in [7, 11) is 2.63. The lowest BCUT2D eigenvalue weighted by Gasteiger charge is -2.35. The number of likely N-dealkylation sites (tertiary alicyclic amines) is 1. The van der Waals surface area contributed by atoms with Gasteiger partial charge in [0.15, 0.2) is 0 Å². The molecule has 0 aromatic carbocycles. The molecule has 0 spiro atoms. The molecule has 1 aliphatic rings. The highest BCUT2D eigenvalue weighted by atomic mass is 16.5. The second kappa shape index (κ2) is 15.9. The maximum Gasteiger partial charge on any atom is 0.308 e. The van der Waals surface area contributed by atoms with Crippen LogP contribution in [0, 0.1) is 11.8 Å². The van der Waals surface area contributed by atoms with Crippen LogP contribution in [-0.2, 0) is 28.7 Å². The van der Waals surface area contributed by atoms with Crippen molar-refractivity contribution in [1.29, 1.82) is 0 Å². The maximum absolute atomic E-state index is 13.5. The van der Waals surface area contributed by atoms with Gasteiger partial charge in [-0.15, -0.1) is 0 Å². The van der Waals surface area contributed by atoms with E-state index in [0.29, 0.717) is 19.4 Å². The van der Waals surface area contributed by atoms with E-state index in [1.165, 1.54) is 37.8 Å². The van der Waals surface area contributed by atoms with Gasteiger partial charge in [-0.05, 0) is 44.9 Å². The van der Waals surface area contributed by atoms with Crippen molar-refractivity contribution in [2.24, 2.45) is 11.8 Å². The third kappa shape index (κ3) is 9.70. The number of carbonyl (C=O) groups is 5. The Morgan fingerprint density at radius 3 is 2.05 bits per heavy atom. The lowest BCUT2D eigenvalue weighted by molar-refractivity contribution is -0.150. The quantitative estimate of drug-likeness (QED) is 0.166. The van der Waals surface area contributed by atoms with Crippen molar-refractivity contribution >= 4 is 29.6 Å². The highest BCUT2D eigenvalue weighted by Crippen LogP contribution is 2.22. The molecule has 0 aliphatic carbocycles. The van der Waals surface area contributed by atoms with E-state index in [1.54, 1.807) is 13.8 Å². The van der Waals surface area contributed by atoms with Crippen molar-refractivity contribution in [2.45, 2.75) is 110 Å². The van der Waals surface area contributed by atoms with Gasteiger partial charge in [0.05, 0.1) is 31.8 Å². The lowest BCUT2D eigenvalue weighted by Crippen LogP contribution is -2.61. The van der Waals surface area contributed by atoms with Gasteiger partial charge in [-0.1, -0.05) is 27.7 Å². The molecule has 0 aromatic rings. The van der Waals surface area contributed by atoms with Crippen molar-refractivity contribution in [3.8, 4) is 0 Å². The van der Waals surface area contributed by atoms with E-state index in [4.69, 9.17) is 0 Å². The van der Waals surface area contributed by atoms with Gasteiger partial charge < -0.3 is 40.5 Å². The van der Waals surface area contributed by atoms with Crippen LogP contribution in [0.15, 0.2) is 0 Å². The molecule has 40 heavy (non-hydrogen) atoms. The number of aliphatic hydroxyl groups excluding tert-OH is 3. The van der Waals surface area contributed by atoms with Crippen LogP contribution in [0.25, 0.3) is 0 Å². The molecule has 13 heteroatoms. The number of esters is 1. The number of nitrogens with zero attached hydrogens (tertiary/aromatic N) is 2. The van der Waals surface area contributed by atoms with Crippen molar-refractivity contribution in [2.75, 3.05) is 20.7 Å². The number of methoxy groups -OCH3 is 1. The molecule has 1 fully saturated rings. The van der Waals surface area contributed by atoms with Gasteiger partial charge in [0.1, 0.15) is 24.2 Å². The normalized spacial score (nSPS) is 19.8. The summed E-state index contributed by atoms with van der Waals surface area (Å²) in [6.07, 6.45) is -3.01. The van der Waals surface area contributed by atoms with E-state index in [2.05, 4.69) is 15.4 Å². The van der Waals surface area contributed by atoms with Crippen LogP contribution in [0.2, 0.25) is 0 Å². The first-order valence-corrected chi connectivity index (χ1v) is 13.8. The molecule has 0 bridgehead atoms. The number of hydrogen-bond donors (Lipinski definition) is 5. The zero-order valence-electron chi connectivity index (χ0n) is 24.9. The molecule has 0 radical (unpaired) electrons. The summed E-state index contributed by atoms with van der Waals surface area (Å²) >= 11 is 0. The molecule has 7 atom stereocenters. The Bertz CT molecular complexity index is 893. The first kappa shape index (κ1) is 35.3. The molecule has 0 aromatic heterocycles. The van der Waals surface area contributed by atoms with Gasteiger partial charge in [-0.3, -0.25) is 24.0 Å². The minimum absolute atomic E-state index is 0.0256. The van der Waals surface area contributed by atoms with Crippen LogP contribution >= 0.6 is 0 Å². The van der Waals surface area contributed by atoms with Crippen molar-refractivity contribution in [1.82, 2.24) is 20.4 Å². The van der Waals surface area contributed by atoms with Crippen LogP contribution in [0.3, 0.4) is 0 Å². The van der Waals surface area contributed by atoms with E-state index in [-0.39, 0.29) is 24.7 Å². The zero-order valence-corrected chi connectivity index (χ0v) is 24.9. The highest BCUT2D eigenvalue weighted by Gasteiger charge is 2.41. The number of amides is 4. The molecular formula is C27H48N4O9. The summed E-state index contributed by atoms with van der Waals surface area (Å²) < 4.78 is 4.59.